The third-order valence-corrected chi connectivity index (χ3v) is 0.652. The summed E-state index contributed by atoms with van der Waals surface area (Å²) in [6.45, 7) is 0. The van der Waals surface area contributed by atoms with Crippen LogP contribution in [-0.2, 0) is 0 Å². The molecule has 1 N–H and O–H groups in total. The van der Waals surface area contributed by atoms with Gasteiger partial charge in [-0.1, -0.05) is 5.16 Å². The fraction of sp³-hybridized carbons (Fsp3) is 0. The zero-order valence-corrected chi connectivity index (χ0v) is 4.01. The van der Waals surface area contributed by atoms with Gasteiger partial charge in [-0.3, -0.25) is 4.84 Å². The van der Waals surface area contributed by atoms with E-state index in [1.807, 2.05) is 0 Å². The summed E-state index contributed by atoms with van der Waals surface area (Å²) in [5.74, 6) is 0.418. The van der Waals surface area contributed by atoms with E-state index in [0.29, 0.717) is 5.82 Å². The molecule has 7 heavy (non-hydrogen) atoms. The summed E-state index contributed by atoms with van der Waals surface area (Å²) in [5.41, 5.74) is 0. The zero-order valence-electron chi connectivity index (χ0n) is 3.26. The van der Waals surface area contributed by atoms with E-state index >= 15 is 0 Å². The van der Waals surface area contributed by atoms with Gasteiger partial charge in [-0.2, -0.15) is 0 Å². The van der Waals surface area contributed by atoms with E-state index in [1.165, 1.54) is 6.20 Å². The predicted molar refractivity (Wildman–Crippen MR) is 23.8 cm³/mol. The van der Waals surface area contributed by atoms with Crippen LogP contribution in [0.5, 0.6) is 0 Å². The number of anilines is 1. The number of halogens is 1. The SMILES string of the molecule is ClNc1cnon1. The second kappa shape index (κ2) is 1.79. The zero-order chi connectivity index (χ0) is 5.11. The van der Waals surface area contributed by atoms with Gasteiger partial charge in [0.15, 0.2) is 0 Å². The van der Waals surface area contributed by atoms with Crippen LogP contribution in [0.3, 0.4) is 0 Å². The van der Waals surface area contributed by atoms with Crippen LogP contribution in [0.4, 0.5) is 5.82 Å². The minimum atomic E-state index is 0.418. The summed E-state index contributed by atoms with van der Waals surface area (Å²) in [7, 11) is 0. The van der Waals surface area contributed by atoms with Gasteiger partial charge in [-0.25, -0.2) is 4.63 Å². The standard InChI is InChI=1S/C2H2ClN3O/c3-5-2-1-4-7-6-2/h1H,(H,5,6). The number of hydrogen-bond donors (Lipinski definition) is 1. The first-order valence-corrected chi connectivity index (χ1v) is 1.95. The molecule has 0 unspecified atom stereocenters. The molecule has 5 heteroatoms. The molecular weight excluding hydrogens is 117 g/mol. The summed E-state index contributed by atoms with van der Waals surface area (Å²) in [5, 5.41) is 6.57. The third kappa shape index (κ3) is 0.806. The van der Waals surface area contributed by atoms with Gasteiger partial charge in [-0.15, -0.1) is 0 Å². The molecule has 0 bridgehead atoms. The van der Waals surface area contributed by atoms with Crippen LogP contribution in [-0.4, -0.2) is 10.3 Å². The van der Waals surface area contributed by atoms with Gasteiger partial charge in [-0.05, 0) is 5.16 Å². The van der Waals surface area contributed by atoms with Gasteiger partial charge in [0, 0.05) is 11.8 Å². The Kier molecular flexibility index (Phi) is 1.12. The molecule has 4 nitrogen and oxygen atoms in total. The molecule has 1 heterocycles. The Labute approximate surface area is 44.5 Å². The average Bonchev–Trinajstić information content (AvgIpc) is 2.14. The highest BCUT2D eigenvalue weighted by Crippen LogP contribution is 1.96. The molecule has 1 rings (SSSR count). The normalized spacial score (nSPS) is 8.71. The van der Waals surface area contributed by atoms with Gasteiger partial charge in [0.2, 0.25) is 5.82 Å². The monoisotopic (exact) mass is 119 g/mol. The second-order valence-corrected chi connectivity index (χ2v) is 1.08. The maximum atomic E-state index is 5.06. The Morgan fingerprint density at radius 3 is 3.00 bits per heavy atom. The van der Waals surface area contributed by atoms with Gasteiger partial charge < -0.3 is 0 Å². The Morgan fingerprint density at radius 1 is 1.86 bits per heavy atom. The summed E-state index contributed by atoms with van der Waals surface area (Å²) in [6.07, 6.45) is 1.37. The second-order valence-electron chi connectivity index (χ2n) is 0.887. The van der Waals surface area contributed by atoms with E-state index in [0.717, 1.165) is 0 Å². The molecule has 1 aromatic rings. The van der Waals surface area contributed by atoms with Crippen molar-refractivity contribution in [3.63, 3.8) is 0 Å². The highest BCUT2D eigenvalue weighted by Gasteiger charge is 1.88. The molecule has 0 saturated carbocycles. The molecule has 0 radical (unpaired) electrons. The Morgan fingerprint density at radius 2 is 2.71 bits per heavy atom. The first-order chi connectivity index (χ1) is 3.43. The summed E-state index contributed by atoms with van der Waals surface area (Å²) in [6, 6.07) is 0. The molecule has 0 amide bonds. The molecule has 0 saturated heterocycles. The van der Waals surface area contributed by atoms with Crippen LogP contribution in [0.25, 0.3) is 0 Å². The lowest BCUT2D eigenvalue weighted by Gasteiger charge is -1.76. The molecule has 0 atom stereocenters. The first kappa shape index (κ1) is 4.39. The molecular formula is C2H2ClN3O. The number of nitrogens with one attached hydrogen (secondary N) is 1. The van der Waals surface area contributed by atoms with Crippen LogP contribution in [0.2, 0.25) is 0 Å². The first-order valence-electron chi connectivity index (χ1n) is 1.57. The van der Waals surface area contributed by atoms with E-state index in [2.05, 4.69) is 19.8 Å². The maximum absolute atomic E-state index is 5.06. The molecule has 38 valence electrons. The molecule has 1 aromatic heterocycles. The number of aromatic nitrogens is 2. The van der Waals surface area contributed by atoms with E-state index in [4.69, 9.17) is 11.8 Å². The van der Waals surface area contributed by atoms with Crippen molar-refractivity contribution in [3.8, 4) is 0 Å². The van der Waals surface area contributed by atoms with Crippen LogP contribution < -0.4 is 4.84 Å². The smallest absolute Gasteiger partial charge is 0.205 e. The fourth-order valence-corrected chi connectivity index (χ4v) is 0.290. The van der Waals surface area contributed by atoms with Crippen molar-refractivity contribution in [1.82, 2.24) is 10.3 Å². The fourth-order valence-electron chi connectivity index (χ4n) is 0.206. The van der Waals surface area contributed by atoms with Crippen LogP contribution in [0, 0.1) is 0 Å². The van der Waals surface area contributed by atoms with Crippen molar-refractivity contribution in [1.29, 1.82) is 0 Å². The lowest BCUT2D eigenvalue weighted by molar-refractivity contribution is 0.309. The van der Waals surface area contributed by atoms with Crippen molar-refractivity contribution in [2.75, 3.05) is 4.84 Å². The molecule has 0 aliphatic heterocycles. The third-order valence-electron chi connectivity index (χ3n) is 0.458. The Bertz CT molecular complexity index is 127. The van der Waals surface area contributed by atoms with Crippen LogP contribution >= 0.6 is 11.8 Å². The molecule has 0 aliphatic carbocycles. The Balaban J connectivity index is 2.76. The van der Waals surface area contributed by atoms with Crippen LogP contribution in [0.1, 0.15) is 0 Å². The predicted octanol–water partition coefficient (Wildman–Crippen LogP) is 0.635. The molecule has 0 aromatic carbocycles. The van der Waals surface area contributed by atoms with E-state index in [-0.39, 0.29) is 0 Å². The topological polar surface area (TPSA) is 51.0 Å². The number of nitrogens with zero attached hydrogens (tertiary/aromatic N) is 2. The molecule has 0 spiro atoms. The maximum Gasteiger partial charge on any atom is 0.205 e. The number of rotatable bonds is 1. The van der Waals surface area contributed by atoms with Gasteiger partial charge in [0.25, 0.3) is 0 Å². The van der Waals surface area contributed by atoms with E-state index in [1.54, 1.807) is 0 Å². The molecule has 0 fully saturated rings. The summed E-state index contributed by atoms with van der Waals surface area (Å²) < 4.78 is 4.16. The minimum absolute atomic E-state index is 0.418. The van der Waals surface area contributed by atoms with E-state index in [9.17, 15) is 0 Å². The van der Waals surface area contributed by atoms with Gasteiger partial charge in [0.1, 0.15) is 6.20 Å². The molecule has 0 aliphatic rings. The van der Waals surface area contributed by atoms with Crippen LogP contribution in [0.15, 0.2) is 10.8 Å². The van der Waals surface area contributed by atoms with Crippen molar-refractivity contribution < 1.29 is 4.63 Å². The van der Waals surface area contributed by atoms with Crippen molar-refractivity contribution in [2.45, 2.75) is 0 Å². The lowest BCUT2D eigenvalue weighted by atomic mass is 10.8. The highest BCUT2D eigenvalue weighted by atomic mass is 35.5. The minimum Gasteiger partial charge on any atom is -0.278 e. The summed E-state index contributed by atoms with van der Waals surface area (Å²) in [4.78, 5) is 2.21. The van der Waals surface area contributed by atoms with Crippen molar-refractivity contribution >= 4 is 17.6 Å². The van der Waals surface area contributed by atoms with Gasteiger partial charge in [0.05, 0.1) is 0 Å². The van der Waals surface area contributed by atoms with Crippen molar-refractivity contribution in [2.24, 2.45) is 0 Å². The quantitative estimate of drug-likeness (QED) is 0.551. The summed E-state index contributed by atoms with van der Waals surface area (Å²) >= 11 is 5.06. The Hall–Kier alpha value is -0.770. The number of hydrogen-bond acceptors (Lipinski definition) is 4. The lowest BCUT2D eigenvalue weighted by Crippen LogP contribution is -1.75. The average molecular weight is 120 g/mol. The highest BCUT2D eigenvalue weighted by molar-refractivity contribution is 6.23. The largest absolute Gasteiger partial charge is 0.278 e. The van der Waals surface area contributed by atoms with Gasteiger partial charge >= 0.3 is 0 Å². The van der Waals surface area contributed by atoms with Crippen molar-refractivity contribution in [3.05, 3.63) is 6.20 Å². The van der Waals surface area contributed by atoms with E-state index < -0.39 is 0 Å².